The molecule has 2 N–H and O–H groups in total. The second-order valence-corrected chi connectivity index (χ2v) is 6.12. The van der Waals surface area contributed by atoms with Gasteiger partial charge >= 0.3 is 6.18 Å². The number of carbonyl (C=O) groups is 1. The van der Waals surface area contributed by atoms with E-state index in [0.29, 0.717) is 32.1 Å². The van der Waals surface area contributed by atoms with Gasteiger partial charge in [0.2, 0.25) is 5.91 Å². The van der Waals surface area contributed by atoms with Crippen LogP contribution < -0.4 is 5.32 Å². The van der Waals surface area contributed by atoms with Crippen molar-refractivity contribution in [3.8, 4) is 0 Å². The topological polar surface area (TPSA) is 49.3 Å². The summed E-state index contributed by atoms with van der Waals surface area (Å²) in [7, 11) is 0. The highest BCUT2D eigenvalue weighted by atomic mass is 19.4. The van der Waals surface area contributed by atoms with Crippen molar-refractivity contribution in [3.05, 3.63) is 0 Å². The van der Waals surface area contributed by atoms with Crippen LogP contribution >= 0.6 is 0 Å². The SMILES string of the molecule is CCC(CC)(CO)CNC(=O)C1CCCCC1C(F)(F)F. The van der Waals surface area contributed by atoms with E-state index in [4.69, 9.17) is 0 Å². The lowest BCUT2D eigenvalue weighted by molar-refractivity contribution is -0.198. The fourth-order valence-corrected chi connectivity index (χ4v) is 3.02. The third kappa shape index (κ3) is 4.59. The van der Waals surface area contributed by atoms with E-state index < -0.39 is 29.3 Å². The van der Waals surface area contributed by atoms with Gasteiger partial charge in [0.1, 0.15) is 0 Å². The minimum atomic E-state index is -4.31. The number of aliphatic hydroxyl groups is 1. The number of hydrogen-bond donors (Lipinski definition) is 2. The molecule has 0 aromatic heterocycles. The Balaban J connectivity index is 2.68. The second kappa shape index (κ2) is 7.47. The molecule has 21 heavy (non-hydrogen) atoms. The van der Waals surface area contributed by atoms with Gasteiger partial charge < -0.3 is 10.4 Å². The molecule has 1 rings (SSSR count). The standard InChI is InChI=1S/C15H26F3NO2/c1-3-14(4-2,10-20)9-19-13(21)11-7-5-6-8-12(11)15(16,17)18/h11-12,20H,3-10H2,1-2H3,(H,19,21). The zero-order valence-corrected chi connectivity index (χ0v) is 12.8. The number of amides is 1. The van der Waals surface area contributed by atoms with Crippen molar-refractivity contribution in [1.82, 2.24) is 5.32 Å². The van der Waals surface area contributed by atoms with Crippen molar-refractivity contribution in [2.24, 2.45) is 17.3 Å². The molecule has 0 bridgehead atoms. The average molecular weight is 309 g/mol. The van der Waals surface area contributed by atoms with E-state index in [-0.39, 0.29) is 19.6 Å². The van der Waals surface area contributed by atoms with Crippen molar-refractivity contribution in [3.63, 3.8) is 0 Å². The molecule has 0 saturated heterocycles. The maximum absolute atomic E-state index is 13.0. The van der Waals surface area contributed by atoms with Gasteiger partial charge in [0.05, 0.1) is 12.5 Å². The van der Waals surface area contributed by atoms with Crippen molar-refractivity contribution < 1.29 is 23.1 Å². The van der Waals surface area contributed by atoms with Crippen molar-refractivity contribution in [1.29, 1.82) is 0 Å². The van der Waals surface area contributed by atoms with Crippen LogP contribution in [0.3, 0.4) is 0 Å². The largest absolute Gasteiger partial charge is 0.396 e. The highest BCUT2D eigenvalue weighted by molar-refractivity contribution is 5.79. The summed E-state index contributed by atoms with van der Waals surface area (Å²) < 4.78 is 39.0. The van der Waals surface area contributed by atoms with Crippen LogP contribution in [0.4, 0.5) is 13.2 Å². The molecule has 6 heteroatoms. The van der Waals surface area contributed by atoms with Crippen LogP contribution in [0.25, 0.3) is 0 Å². The first-order chi connectivity index (χ1) is 9.79. The van der Waals surface area contributed by atoms with Crippen LogP contribution in [-0.4, -0.2) is 30.3 Å². The quantitative estimate of drug-likeness (QED) is 0.791. The van der Waals surface area contributed by atoms with E-state index in [1.165, 1.54) is 0 Å². The Labute approximate surface area is 124 Å². The molecule has 0 aliphatic heterocycles. The first kappa shape index (κ1) is 18.3. The molecule has 0 spiro atoms. The first-order valence-electron chi connectivity index (χ1n) is 7.75. The van der Waals surface area contributed by atoms with Crippen molar-refractivity contribution in [2.75, 3.05) is 13.2 Å². The lowest BCUT2D eigenvalue weighted by atomic mass is 9.77. The molecular weight excluding hydrogens is 283 g/mol. The van der Waals surface area contributed by atoms with Gasteiger partial charge in [0, 0.05) is 17.9 Å². The zero-order chi connectivity index (χ0) is 16.1. The molecule has 1 aliphatic carbocycles. The predicted octanol–water partition coefficient (Wildman–Crippen LogP) is 3.27. The van der Waals surface area contributed by atoms with Crippen LogP contribution in [0.15, 0.2) is 0 Å². The molecule has 1 fully saturated rings. The van der Waals surface area contributed by atoms with Gasteiger partial charge in [-0.1, -0.05) is 26.7 Å². The van der Waals surface area contributed by atoms with Gasteiger partial charge in [-0.2, -0.15) is 13.2 Å². The first-order valence-corrected chi connectivity index (χ1v) is 7.75. The van der Waals surface area contributed by atoms with E-state index in [1.807, 2.05) is 13.8 Å². The minimum Gasteiger partial charge on any atom is -0.396 e. The molecule has 0 heterocycles. The number of hydrogen-bond acceptors (Lipinski definition) is 2. The Bertz CT molecular complexity index is 332. The molecule has 124 valence electrons. The summed E-state index contributed by atoms with van der Waals surface area (Å²) in [4.78, 5) is 12.2. The molecule has 1 saturated carbocycles. The van der Waals surface area contributed by atoms with Gasteiger partial charge in [0.15, 0.2) is 0 Å². The minimum absolute atomic E-state index is 0.0360. The summed E-state index contributed by atoms with van der Waals surface area (Å²) in [5, 5.41) is 12.1. The summed E-state index contributed by atoms with van der Waals surface area (Å²) in [6, 6.07) is 0. The molecule has 0 aromatic rings. The molecule has 0 radical (unpaired) electrons. The number of rotatable bonds is 6. The molecule has 1 aliphatic rings. The van der Waals surface area contributed by atoms with E-state index in [9.17, 15) is 23.1 Å². The summed E-state index contributed by atoms with van der Waals surface area (Å²) in [6.07, 6.45) is -1.45. The fraction of sp³-hybridized carbons (Fsp3) is 0.933. The maximum atomic E-state index is 13.0. The van der Waals surface area contributed by atoms with Crippen molar-refractivity contribution >= 4 is 5.91 Å². The summed E-state index contributed by atoms with van der Waals surface area (Å²) >= 11 is 0. The highest BCUT2D eigenvalue weighted by Crippen LogP contribution is 2.41. The lowest BCUT2D eigenvalue weighted by Crippen LogP contribution is -2.46. The molecule has 3 nitrogen and oxygen atoms in total. The van der Waals surface area contributed by atoms with E-state index in [0.717, 1.165) is 0 Å². The Kier molecular flexibility index (Phi) is 6.50. The van der Waals surface area contributed by atoms with E-state index in [2.05, 4.69) is 5.32 Å². The summed E-state index contributed by atoms with van der Waals surface area (Å²) in [5.41, 5.74) is -0.432. The molecule has 0 aromatic carbocycles. The third-order valence-electron chi connectivity index (χ3n) is 5.00. The smallest absolute Gasteiger partial charge is 0.392 e. The maximum Gasteiger partial charge on any atom is 0.392 e. The van der Waals surface area contributed by atoms with Crippen LogP contribution in [0.5, 0.6) is 0 Å². The van der Waals surface area contributed by atoms with Crippen molar-refractivity contribution in [2.45, 2.75) is 58.5 Å². The Morgan fingerprint density at radius 1 is 1.19 bits per heavy atom. The van der Waals surface area contributed by atoms with Crippen LogP contribution in [-0.2, 0) is 4.79 Å². The number of halogens is 3. The number of carbonyl (C=O) groups excluding carboxylic acids is 1. The average Bonchev–Trinajstić information content (AvgIpc) is 2.48. The van der Waals surface area contributed by atoms with Crippen LogP contribution in [0.1, 0.15) is 52.4 Å². The third-order valence-corrected chi connectivity index (χ3v) is 5.00. The predicted molar refractivity (Wildman–Crippen MR) is 74.6 cm³/mol. The molecule has 2 atom stereocenters. The monoisotopic (exact) mass is 309 g/mol. The number of nitrogens with one attached hydrogen (secondary N) is 1. The Morgan fingerprint density at radius 2 is 1.76 bits per heavy atom. The summed E-state index contributed by atoms with van der Waals surface area (Å²) in [5.74, 6) is -3.03. The summed E-state index contributed by atoms with van der Waals surface area (Å²) in [6.45, 7) is 3.97. The van der Waals surface area contributed by atoms with Gasteiger partial charge in [-0.15, -0.1) is 0 Å². The van der Waals surface area contributed by atoms with Crippen LogP contribution in [0.2, 0.25) is 0 Å². The van der Waals surface area contributed by atoms with Gasteiger partial charge in [-0.25, -0.2) is 0 Å². The Hall–Kier alpha value is -0.780. The van der Waals surface area contributed by atoms with Gasteiger partial charge in [0.25, 0.3) is 0 Å². The molecule has 2 unspecified atom stereocenters. The van der Waals surface area contributed by atoms with Gasteiger partial charge in [-0.3, -0.25) is 4.79 Å². The normalized spacial score (nSPS) is 23.9. The fourth-order valence-electron chi connectivity index (χ4n) is 3.02. The molecular formula is C15H26F3NO2. The lowest BCUT2D eigenvalue weighted by Gasteiger charge is -2.34. The van der Waals surface area contributed by atoms with E-state index in [1.54, 1.807) is 0 Å². The second-order valence-electron chi connectivity index (χ2n) is 6.12. The number of aliphatic hydroxyl groups excluding tert-OH is 1. The Morgan fingerprint density at radius 3 is 2.24 bits per heavy atom. The highest BCUT2D eigenvalue weighted by Gasteiger charge is 2.48. The zero-order valence-electron chi connectivity index (χ0n) is 12.8. The van der Waals surface area contributed by atoms with E-state index >= 15 is 0 Å². The van der Waals surface area contributed by atoms with Gasteiger partial charge in [-0.05, 0) is 25.7 Å². The van der Waals surface area contributed by atoms with Crippen LogP contribution in [0, 0.1) is 17.3 Å². The molecule has 1 amide bonds. The number of alkyl halides is 3.